The van der Waals surface area contributed by atoms with Crippen molar-refractivity contribution in [3.05, 3.63) is 182 Å². The zero-order valence-corrected chi connectivity index (χ0v) is 26.7. The molecular weight excluding hydrogens is 602 g/mol. The lowest BCUT2D eigenvalue weighted by atomic mass is 10.1. The normalized spacial score (nSPS) is 11.7. The minimum atomic E-state index is -3.07. The molecule has 0 amide bonds. The van der Waals surface area contributed by atoms with Gasteiger partial charge in [0.25, 0.3) is 0 Å². The zero-order chi connectivity index (χ0) is 31.4. The first-order chi connectivity index (χ1) is 22.6. The second-order valence-corrected chi connectivity index (χ2v) is 16.5. The predicted octanol–water partition coefficient (Wildman–Crippen LogP) is 7.09. The summed E-state index contributed by atoms with van der Waals surface area (Å²) in [6.07, 6.45) is 3.47. The SMILES string of the molecule is O=P(c1ccccc1)(c1ccccc1)c1ccc(-c2cncc(-c3ccc(P(=O)(c4ccccc4)c4ccccc4)cc3)n2)cc1. The van der Waals surface area contributed by atoms with Gasteiger partial charge in [-0.3, -0.25) is 4.98 Å². The van der Waals surface area contributed by atoms with Crippen molar-refractivity contribution in [1.82, 2.24) is 9.97 Å². The molecule has 0 atom stereocenters. The van der Waals surface area contributed by atoms with Crippen LogP contribution in [-0.4, -0.2) is 9.97 Å². The molecule has 0 saturated carbocycles. The van der Waals surface area contributed by atoms with Gasteiger partial charge in [-0.15, -0.1) is 0 Å². The quantitative estimate of drug-likeness (QED) is 0.168. The van der Waals surface area contributed by atoms with Crippen LogP contribution < -0.4 is 31.8 Å². The Hall–Kier alpha value is -5.14. The first-order valence-corrected chi connectivity index (χ1v) is 18.4. The first-order valence-electron chi connectivity index (χ1n) is 15.0. The van der Waals surface area contributed by atoms with Crippen molar-refractivity contribution in [3.63, 3.8) is 0 Å². The van der Waals surface area contributed by atoms with Crippen LogP contribution in [0.25, 0.3) is 22.5 Å². The van der Waals surface area contributed by atoms with Crippen molar-refractivity contribution in [1.29, 1.82) is 0 Å². The number of benzene rings is 6. The molecule has 0 unspecified atom stereocenters. The Morgan fingerprint density at radius 1 is 0.326 bits per heavy atom. The molecule has 222 valence electrons. The molecule has 4 nitrogen and oxygen atoms in total. The molecule has 46 heavy (non-hydrogen) atoms. The minimum absolute atomic E-state index is 0.710. The number of aromatic nitrogens is 2. The van der Waals surface area contributed by atoms with Gasteiger partial charge >= 0.3 is 0 Å². The van der Waals surface area contributed by atoms with Crippen LogP contribution in [0.15, 0.2) is 182 Å². The average molecular weight is 633 g/mol. The molecule has 0 aliphatic heterocycles. The summed E-state index contributed by atoms with van der Waals surface area (Å²) in [5.74, 6) is 0. The Morgan fingerprint density at radius 2 is 0.587 bits per heavy atom. The fourth-order valence-corrected chi connectivity index (χ4v) is 11.1. The monoisotopic (exact) mass is 632 g/mol. The molecule has 1 heterocycles. The van der Waals surface area contributed by atoms with Crippen LogP contribution in [0, 0.1) is 0 Å². The minimum Gasteiger partial charge on any atom is -0.309 e. The van der Waals surface area contributed by atoms with Gasteiger partial charge in [0, 0.05) is 43.0 Å². The molecule has 6 heteroatoms. The summed E-state index contributed by atoms with van der Waals surface area (Å²) in [6.45, 7) is 0. The maximum absolute atomic E-state index is 14.7. The van der Waals surface area contributed by atoms with E-state index >= 15 is 0 Å². The Kier molecular flexibility index (Phi) is 8.16. The summed E-state index contributed by atoms with van der Waals surface area (Å²) >= 11 is 0. The maximum Gasteiger partial charge on any atom is 0.171 e. The van der Waals surface area contributed by atoms with E-state index in [0.29, 0.717) is 11.4 Å². The summed E-state index contributed by atoms with van der Waals surface area (Å²) in [5, 5.41) is 4.70. The number of hydrogen-bond acceptors (Lipinski definition) is 4. The van der Waals surface area contributed by atoms with Crippen molar-refractivity contribution in [2.24, 2.45) is 0 Å². The highest BCUT2D eigenvalue weighted by Crippen LogP contribution is 2.43. The topological polar surface area (TPSA) is 59.9 Å². The van der Waals surface area contributed by atoms with E-state index in [1.807, 2.05) is 170 Å². The average Bonchev–Trinajstić information content (AvgIpc) is 3.16. The lowest BCUT2D eigenvalue weighted by molar-refractivity contribution is 0.591. The largest absolute Gasteiger partial charge is 0.309 e. The van der Waals surface area contributed by atoms with Crippen molar-refractivity contribution in [2.45, 2.75) is 0 Å². The van der Waals surface area contributed by atoms with E-state index < -0.39 is 14.3 Å². The van der Waals surface area contributed by atoms with Crippen LogP contribution in [0.5, 0.6) is 0 Å². The highest BCUT2D eigenvalue weighted by atomic mass is 31.2. The molecule has 0 aliphatic carbocycles. The third-order valence-corrected chi connectivity index (χ3v) is 14.3. The molecule has 0 bridgehead atoms. The third-order valence-electron chi connectivity index (χ3n) is 8.17. The highest BCUT2D eigenvalue weighted by molar-refractivity contribution is 7.85. The van der Waals surface area contributed by atoms with Gasteiger partial charge < -0.3 is 9.13 Å². The van der Waals surface area contributed by atoms with E-state index in [1.165, 1.54) is 0 Å². The fourth-order valence-electron chi connectivity index (χ4n) is 5.77. The zero-order valence-electron chi connectivity index (χ0n) is 24.9. The molecule has 0 saturated heterocycles. The van der Waals surface area contributed by atoms with Crippen LogP contribution in [-0.2, 0) is 9.13 Å². The summed E-state index contributed by atoms with van der Waals surface area (Å²) in [5.41, 5.74) is 3.17. The van der Waals surface area contributed by atoms with Crippen molar-refractivity contribution in [3.8, 4) is 22.5 Å². The second-order valence-electron chi connectivity index (χ2n) is 10.9. The van der Waals surface area contributed by atoms with Gasteiger partial charge in [-0.2, -0.15) is 0 Å². The fraction of sp³-hybridized carbons (Fsp3) is 0. The predicted molar refractivity (Wildman–Crippen MR) is 192 cm³/mol. The van der Waals surface area contributed by atoms with E-state index in [-0.39, 0.29) is 0 Å². The molecular formula is C40H30N2O2P2. The maximum atomic E-state index is 14.7. The summed E-state index contributed by atoms with van der Waals surface area (Å²) in [6, 6.07) is 54.2. The van der Waals surface area contributed by atoms with Crippen LogP contribution in [0.3, 0.4) is 0 Å². The van der Waals surface area contributed by atoms with Crippen molar-refractivity contribution < 1.29 is 9.13 Å². The van der Waals surface area contributed by atoms with E-state index in [2.05, 4.69) is 4.98 Å². The van der Waals surface area contributed by atoms with Crippen LogP contribution in [0.4, 0.5) is 0 Å². The molecule has 0 spiro atoms. The van der Waals surface area contributed by atoms with Crippen LogP contribution in [0.1, 0.15) is 0 Å². The Balaban J connectivity index is 1.21. The lowest BCUT2D eigenvalue weighted by Crippen LogP contribution is -2.24. The second kappa shape index (κ2) is 12.7. The van der Waals surface area contributed by atoms with Gasteiger partial charge in [0.05, 0.1) is 23.8 Å². The van der Waals surface area contributed by atoms with E-state index in [9.17, 15) is 9.13 Å². The first kappa shape index (κ1) is 29.6. The number of rotatable bonds is 8. The van der Waals surface area contributed by atoms with Crippen molar-refractivity contribution in [2.75, 3.05) is 0 Å². The molecule has 0 aliphatic rings. The highest BCUT2D eigenvalue weighted by Gasteiger charge is 2.30. The van der Waals surface area contributed by atoms with Gasteiger partial charge in [0.15, 0.2) is 14.3 Å². The Bertz CT molecular complexity index is 1930. The van der Waals surface area contributed by atoms with E-state index in [4.69, 9.17) is 4.98 Å². The Morgan fingerprint density at radius 3 is 0.870 bits per heavy atom. The van der Waals surface area contributed by atoms with Crippen LogP contribution in [0.2, 0.25) is 0 Å². The van der Waals surface area contributed by atoms with Gasteiger partial charge in [-0.05, 0) is 0 Å². The van der Waals surface area contributed by atoms with Gasteiger partial charge in [0.2, 0.25) is 0 Å². The molecule has 7 aromatic rings. The number of nitrogens with zero attached hydrogens (tertiary/aromatic N) is 2. The van der Waals surface area contributed by atoms with Crippen LogP contribution >= 0.6 is 14.3 Å². The van der Waals surface area contributed by atoms with Crippen molar-refractivity contribution >= 4 is 46.1 Å². The summed E-state index contributed by atoms with van der Waals surface area (Å²) in [4.78, 5) is 9.43. The summed E-state index contributed by atoms with van der Waals surface area (Å²) in [7, 11) is -6.13. The lowest BCUT2D eigenvalue weighted by Gasteiger charge is -2.20. The third kappa shape index (κ3) is 5.48. The molecule has 6 aromatic carbocycles. The Labute approximate surface area is 269 Å². The van der Waals surface area contributed by atoms with Gasteiger partial charge in [-0.1, -0.05) is 170 Å². The molecule has 1 aromatic heterocycles. The molecule has 7 rings (SSSR count). The van der Waals surface area contributed by atoms with Gasteiger partial charge in [-0.25, -0.2) is 4.98 Å². The molecule has 0 N–H and O–H groups in total. The summed E-state index contributed by atoms with van der Waals surface area (Å²) < 4.78 is 29.5. The van der Waals surface area contributed by atoms with E-state index in [0.717, 1.165) is 43.0 Å². The number of hydrogen-bond donors (Lipinski definition) is 0. The standard InChI is InChI=1S/C40H30N2O2P2/c43-45(33-13-5-1-6-14-33,34-15-7-2-8-16-34)37-25-21-31(22-26-37)39-29-41-30-40(42-39)32-23-27-38(28-24-32)46(44,35-17-9-3-10-18-35)36-19-11-4-12-20-36/h1-30H. The smallest absolute Gasteiger partial charge is 0.171 e. The van der Waals surface area contributed by atoms with E-state index in [1.54, 1.807) is 12.4 Å². The van der Waals surface area contributed by atoms with Gasteiger partial charge in [0.1, 0.15) is 0 Å². The molecule has 0 radical (unpaired) electrons. The molecule has 0 fully saturated rings.